The molecule has 0 spiro atoms. The average Bonchev–Trinajstić information content (AvgIpc) is 3.31. The third-order valence-corrected chi connectivity index (χ3v) is 10.0. The van der Waals surface area contributed by atoms with E-state index >= 15 is 0 Å². The summed E-state index contributed by atoms with van der Waals surface area (Å²) in [6, 6.07) is 0. The van der Waals surface area contributed by atoms with Crippen molar-refractivity contribution in [2.45, 2.75) is 37.1 Å². The summed E-state index contributed by atoms with van der Waals surface area (Å²) in [6.45, 7) is 3.41. The van der Waals surface area contributed by atoms with Crippen molar-refractivity contribution in [2.75, 3.05) is 6.54 Å². The van der Waals surface area contributed by atoms with Crippen molar-refractivity contribution in [1.29, 1.82) is 0 Å². The Balaban J connectivity index is 1.17. The molecule has 0 aromatic carbocycles. The zero-order chi connectivity index (χ0) is 15.3. The SMILES string of the molecule is CCn1cc(S(=O)(=O)NCC23C4C5C6C4C2C6C53)c(C2CC2)n1. The largest absolute Gasteiger partial charge is 0.271 e. The molecule has 0 aliphatic heterocycles. The standard InChI is InChI=1S/C17H21N3O2S/c1-2-20-5-8(16(19-20)7-3-4-7)23(21,22)18-6-17-13-10-9-11(13)15(17)12(9)14(10)17/h5,7,9-15,18H,2-4,6H2,1H3. The number of aromatic nitrogens is 2. The Morgan fingerprint density at radius 2 is 1.87 bits per heavy atom. The van der Waals surface area contributed by atoms with Crippen molar-refractivity contribution in [2.24, 2.45) is 46.8 Å². The molecule has 8 rings (SSSR count). The van der Waals surface area contributed by atoms with Gasteiger partial charge in [0.1, 0.15) is 4.90 Å². The van der Waals surface area contributed by atoms with Crippen LogP contribution < -0.4 is 4.72 Å². The maximum absolute atomic E-state index is 12.9. The maximum Gasteiger partial charge on any atom is 0.244 e. The number of aryl methyl sites for hydroxylation is 1. The number of sulfonamides is 1. The maximum atomic E-state index is 12.9. The molecule has 7 saturated carbocycles. The molecule has 7 aliphatic rings. The average molecular weight is 331 g/mol. The minimum Gasteiger partial charge on any atom is -0.271 e. The van der Waals surface area contributed by atoms with Crippen molar-refractivity contribution in [1.82, 2.24) is 14.5 Å². The summed E-state index contributed by atoms with van der Waals surface area (Å²) < 4.78 is 30.5. The third-order valence-electron chi connectivity index (χ3n) is 8.58. The molecule has 7 aliphatic carbocycles. The fourth-order valence-electron chi connectivity index (χ4n) is 7.75. The second kappa shape index (κ2) is 3.27. The second-order valence-electron chi connectivity index (χ2n) is 8.83. The van der Waals surface area contributed by atoms with Crippen LogP contribution >= 0.6 is 0 Å². The first-order chi connectivity index (χ1) is 11.1. The van der Waals surface area contributed by atoms with E-state index in [4.69, 9.17) is 0 Å². The molecule has 0 unspecified atom stereocenters. The van der Waals surface area contributed by atoms with Gasteiger partial charge in [0, 0.05) is 25.2 Å². The smallest absolute Gasteiger partial charge is 0.244 e. The zero-order valence-corrected chi connectivity index (χ0v) is 14.0. The highest BCUT2D eigenvalue weighted by Crippen LogP contribution is 3.05. The van der Waals surface area contributed by atoms with E-state index < -0.39 is 10.0 Å². The summed E-state index contributed by atoms with van der Waals surface area (Å²) in [7, 11) is -3.41. The van der Waals surface area contributed by atoms with Gasteiger partial charge in [0.15, 0.2) is 0 Å². The van der Waals surface area contributed by atoms with Crippen LogP contribution in [0.2, 0.25) is 0 Å². The van der Waals surface area contributed by atoms with Gasteiger partial charge in [0.2, 0.25) is 10.0 Å². The highest BCUT2D eigenvalue weighted by atomic mass is 32.2. The van der Waals surface area contributed by atoms with Crippen LogP contribution in [0.5, 0.6) is 0 Å². The molecule has 1 N–H and O–H groups in total. The summed E-state index contributed by atoms with van der Waals surface area (Å²) in [5.74, 6) is 7.11. The van der Waals surface area contributed by atoms with Crippen molar-refractivity contribution in [3.05, 3.63) is 11.9 Å². The molecule has 23 heavy (non-hydrogen) atoms. The van der Waals surface area contributed by atoms with Crippen molar-refractivity contribution >= 4 is 10.0 Å². The van der Waals surface area contributed by atoms with Gasteiger partial charge in [-0.05, 0) is 66.6 Å². The van der Waals surface area contributed by atoms with Crippen molar-refractivity contribution in [3.8, 4) is 0 Å². The predicted octanol–water partition coefficient (Wildman–Crippen LogP) is 1.43. The van der Waals surface area contributed by atoms with Gasteiger partial charge in [-0.1, -0.05) is 0 Å². The zero-order valence-electron chi connectivity index (χ0n) is 13.1. The first kappa shape index (κ1) is 12.5. The van der Waals surface area contributed by atoms with Crippen LogP contribution in [0.1, 0.15) is 31.4 Å². The molecule has 0 bridgehead atoms. The molecule has 0 atom stereocenters. The van der Waals surface area contributed by atoms with Crippen LogP contribution in [0.3, 0.4) is 0 Å². The number of hydrogen-bond donors (Lipinski definition) is 1. The monoisotopic (exact) mass is 331 g/mol. The molecule has 1 heterocycles. The van der Waals surface area contributed by atoms with Gasteiger partial charge in [0.05, 0.1) is 5.69 Å². The number of hydrogen-bond acceptors (Lipinski definition) is 3. The molecule has 0 radical (unpaired) electrons. The van der Waals surface area contributed by atoms with Crippen molar-refractivity contribution in [3.63, 3.8) is 0 Å². The highest BCUT2D eigenvalue weighted by molar-refractivity contribution is 7.89. The number of nitrogens with one attached hydrogen (secondary N) is 1. The van der Waals surface area contributed by atoms with Crippen LogP contribution in [-0.4, -0.2) is 24.7 Å². The normalized spacial score (nSPS) is 52.7. The molecular weight excluding hydrogens is 310 g/mol. The second-order valence-corrected chi connectivity index (χ2v) is 10.6. The minimum atomic E-state index is -3.41. The van der Waals surface area contributed by atoms with E-state index in [0.29, 0.717) is 22.8 Å². The molecular formula is C17H21N3O2S. The van der Waals surface area contributed by atoms with E-state index in [1.54, 1.807) is 10.9 Å². The van der Waals surface area contributed by atoms with E-state index in [-0.39, 0.29) is 0 Å². The van der Waals surface area contributed by atoms with E-state index in [9.17, 15) is 8.42 Å². The lowest BCUT2D eigenvalue weighted by Gasteiger charge is -3.08. The van der Waals surface area contributed by atoms with E-state index in [2.05, 4.69) is 9.82 Å². The van der Waals surface area contributed by atoms with Gasteiger partial charge in [-0.25, -0.2) is 13.1 Å². The van der Waals surface area contributed by atoms with E-state index in [1.807, 2.05) is 6.92 Å². The lowest BCUT2D eigenvalue weighted by Crippen LogP contribution is -3.06. The first-order valence-corrected chi connectivity index (χ1v) is 10.6. The Labute approximate surface area is 135 Å². The lowest BCUT2D eigenvalue weighted by atomic mass is 8.96. The molecule has 5 nitrogen and oxygen atoms in total. The van der Waals surface area contributed by atoms with Gasteiger partial charge in [-0.3, -0.25) is 4.68 Å². The van der Waals surface area contributed by atoms with Gasteiger partial charge in [-0.2, -0.15) is 5.10 Å². The van der Waals surface area contributed by atoms with Gasteiger partial charge >= 0.3 is 0 Å². The Morgan fingerprint density at radius 1 is 1.22 bits per heavy atom. The highest BCUT2D eigenvalue weighted by Gasteiger charge is 3.03. The van der Waals surface area contributed by atoms with Crippen molar-refractivity contribution < 1.29 is 8.42 Å². The molecule has 0 amide bonds. The first-order valence-electron chi connectivity index (χ1n) is 9.16. The van der Waals surface area contributed by atoms with E-state index in [0.717, 1.165) is 66.5 Å². The van der Waals surface area contributed by atoms with Gasteiger partial charge in [0.25, 0.3) is 0 Å². The van der Waals surface area contributed by atoms with Crippen LogP contribution in [0.15, 0.2) is 11.1 Å². The quantitative estimate of drug-likeness (QED) is 0.857. The Kier molecular flexibility index (Phi) is 1.77. The number of rotatable bonds is 6. The molecule has 7 fully saturated rings. The molecule has 6 heteroatoms. The topological polar surface area (TPSA) is 64.0 Å². The summed E-state index contributed by atoms with van der Waals surface area (Å²) in [5, 5.41) is 4.51. The van der Waals surface area contributed by atoms with Gasteiger partial charge in [-0.15, -0.1) is 0 Å². The third kappa shape index (κ3) is 1.02. The summed E-state index contributed by atoms with van der Waals surface area (Å²) in [4.78, 5) is 0.443. The van der Waals surface area contributed by atoms with Crippen LogP contribution in [-0.2, 0) is 16.6 Å². The molecule has 1 aromatic rings. The number of nitrogens with zero attached hydrogens (tertiary/aromatic N) is 2. The van der Waals surface area contributed by atoms with Crippen LogP contribution in [0.4, 0.5) is 0 Å². The van der Waals surface area contributed by atoms with Crippen LogP contribution in [0.25, 0.3) is 0 Å². The summed E-state index contributed by atoms with van der Waals surface area (Å²) >= 11 is 0. The minimum absolute atomic E-state index is 0.359. The summed E-state index contributed by atoms with van der Waals surface area (Å²) in [6.07, 6.45) is 3.88. The molecule has 1 aromatic heterocycles. The Hall–Kier alpha value is -0.880. The molecule has 0 saturated heterocycles. The summed E-state index contributed by atoms with van der Waals surface area (Å²) in [5.41, 5.74) is 1.19. The van der Waals surface area contributed by atoms with E-state index in [1.165, 1.54) is 0 Å². The fourth-order valence-corrected chi connectivity index (χ4v) is 9.09. The predicted molar refractivity (Wildman–Crippen MR) is 81.9 cm³/mol. The molecule has 122 valence electrons. The Bertz CT molecular complexity index is 818. The lowest BCUT2D eigenvalue weighted by molar-refractivity contribution is -0.611. The fraction of sp³-hybridized carbons (Fsp3) is 0.824. The van der Waals surface area contributed by atoms with Gasteiger partial charge < -0.3 is 0 Å². The Morgan fingerprint density at radius 3 is 2.43 bits per heavy atom. The van der Waals surface area contributed by atoms with Crippen LogP contribution in [0, 0.1) is 46.8 Å².